The van der Waals surface area contributed by atoms with E-state index in [0.29, 0.717) is 0 Å². The molecule has 0 bridgehead atoms. The van der Waals surface area contributed by atoms with Crippen molar-refractivity contribution in [2.75, 3.05) is 13.7 Å². The van der Waals surface area contributed by atoms with Gasteiger partial charge in [-0.3, -0.25) is 5.32 Å². The topological polar surface area (TPSA) is 102 Å². The van der Waals surface area contributed by atoms with Gasteiger partial charge in [-0.05, 0) is 38.6 Å². The maximum Gasteiger partial charge on any atom is 0.407 e. The van der Waals surface area contributed by atoms with Gasteiger partial charge in [0.25, 0.3) is 0 Å². The number of alkyl carbamates (subject to hydrolysis) is 1. The molecule has 0 aromatic heterocycles. The molecule has 0 rings (SSSR count). The largest absolute Gasteiger partial charge is 0.453 e. The van der Waals surface area contributed by atoms with Gasteiger partial charge in [0.05, 0.1) is 7.11 Å². The molecule has 0 radical (unpaired) electrons. The van der Waals surface area contributed by atoms with Crippen molar-refractivity contribution in [2.24, 2.45) is 11.5 Å². The van der Waals surface area contributed by atoms with Gasteiger partial charge in [-0.1, -0.05) is 13.8 Å². The van der Waals surface area contributed by atoms with Gasteiger partial charge in [0.1, 0.15) is 6.29 Å². The molecule has 0 aliphatic rings. The predicted molar refractivity (Wildman–Crippen MR) is 72.9 cm³/mol. The van der Waals surface area contributed by atoms with Crippen molar-refractivity contribution < 1.29 is 9.53 Å². The monoisotopic (exact) mass is 260 g/mol. The van der Waals surface area contributed by atoms with Gasteiger partial charge in [0, 0.05) is 5.54 Å². The van der Waals surface area contributed by atoms with Crippen LogP contribution in [0.2, 0.25) is 0 Å². The number of unbranched alkanes of at least 4 members (excludes halogenated alkanes) is 1. The van der Waals surface area contributed by atoms with E-state index in [4.69, 9.17) is 11.5 Å². The van der Waals surface area contributed by atoms with Gasteiger partial charge in [0.15, 0.2) is 0 Å². The van der Waals surface area contributed by atoms with E-state index in [1.165, 1.54) is 7.11 Å². The standard InChI is InChI=1S/C12H28N4O2/c1-4-12(5-2,16-11(17)18-3)8-6-7-9-15-10(13)14/h10,15H,4-9,13-14H2,1-3H3,(H,16,17). The molecule has 0 aliphatic carbocycles. The number of hydrogen-bond donors (Lipinski definition) is 4. The molecule has 0 fully saturated rings. The predicted octanol–water partition coefficient (Wildman–Crippen LogP) is 0.862. The van der Waals surface area contributed by atoms with E-state index in [9.17, 15) is 4.79 Å². The Morgan fingerprint density at radius 1 is 1.28 bits per heavy atom. The number of amides is 1. The molecule has 0 spiro atoms. The van der Waals surface area contributed by atoms with Crippen molar-refractivity contribution in [3.05, 3.63) is 0 Å². The fourth-order valence-corrected chi connectivity index (χ4v) is 1.97. The Bertz CT molecular complexity index is 230. The van der Waals surface area contributed by atoms with E-state index in [0.717, 1.165) is 38.6 Å². The number of carbonyl (C=O) groups excluding carboxylic acids is 1. The Hall–Kier alpha value is -0.850. The quantitative estimate of drug-likeness (QED) is 0.364. The van der Waals surface area contributed by atoms with E-state index in [2.05, 4.69) is 29.2 Å². The highest BCUT2D eigenvalue weighted by Crippen LogP contribution is 2.22. The van der Waals surface area contributed by atoms with E-state index < -0.39 is 6.29 Å². The fourth-order valence-electron chi connectivity index (χ4n) is 1.97. The van der Waals surface area contributed by atoms with Crippen molar-refractivity contribution in [1.29, 1.82) is 0 Å². The summed E-state index contributed by atoms with van der Waals surface area (Å²) in [6, 6.07) is 0. The van der Waals surface area contributed by atoms with Crippen LogP contribution in [0.4, 0.5) is 4.79 Å². The van der Waals surface area contributed by atoms with Gasteiger partial charge in [-0.25, -0.2) is 4.79 Å². The average Bonchev–Trinajstić information content (AvgIpc) is 2.36. The second-order valence-corrected chi connectivity index (χ2v) is 4.54. The van der Waals surface area contributed by atoms with Gasteiger partial charge in [-0.2, -0.15) is 0 Å². The Kier molecular flexibility index (Phi) is 8.70. The smallest absolute Gasteiger partial charge is 0.407 e. The van der Waals surface area contributed by atoms with Crippen LogP contribution < -0.4 is 22.1 Å². The second kappa shape index (κ2) is 9.13. The van der Waals surface area contributed by atoms with E-state index in [1.54, 1.807) is 0 Å². The summed E-state index contributed by atoms with van der Waals surface area (Å²) in [5, 5.41) is 5.91. The van der Waals surface area contributed by atoms with E-state index >= 15 is 0 Å². The minimum absolute atomic E-state index is 0.169. The highest BCUT2D eigenvalue weighted by atomic mass is 16.5. The first kappa shape index (κ1) is 17.2. The third kappa shape index (κ3) is 6.78. The highest BCUT2D eigenvalue weighted by Gasteiger charge is 2.27. The van der Waals surface area contributed by atoms with Gasteiger partial charge < -0.3 is 21.5 Å². The molecule has 0 heterocycles. The molecule has 108 valence electrons. The van der Waals surface area contributed by atoms with Crippen LogP contribution in [0.15, 0.2) is 0 Å². The first-order chi connectivity index (χ1) is 8.49. The number of nitrogens with one attached hydrogen (secondary N) is 2. The molecule has 6 nitrogen and oxygen atoms in total. The molecule has 0 aliphatic heterocycles. The second-order valence-electron chi connectivity index (χ2n) is 4.54. The molecule has 0 unspecified atom stereocenters. The molecule has 0 aromatic rings. The number of rotatable bonds is 9. The molecule has 1 amide bonds. The first-order valence-corrected chi connectivity index (χ1v) is 6.60. The normalized spacial score (nSPS) is 11.7. The molecule has 18 heavy (non-hydrogen) atoms. The molecule has 6 N–H and O–H groups in total. The molecule has 0 atom stereocenters. The summed E-state index contributed by atoms with van der Waals surface area (Å²) in [6.07, 6.45) is 3.88. The lowest BCUT2D eigenvalue weighted by atomic mass is 9.87. The fraction of sp³-hybridized carbons (Fsp3) is 0.917. The summed E-state index contributed by atoms with van der Waals surface area (Å²) < 4.78 is 4.67. The summed E-state index contributed by atoms with van der Waals surface area (Å²) in [4.78, 5) is 11.3. The highest BCUT2D eigenvalue weighted by molar-refractivity contribution is 5.68. The SMILES string of the molecule is CCC(CC)(CCCCNC(N)N)NC(=O)OC. The lowest BCUT2D eigenvalue weighted by Gasteiger charge is -2.32. The van der Waals surface area contributed by atoms with E-state index in [1.807, 2.05) is 0 Å². The molecule has 0 aromatic carbocycles. The Morgan fingerprint density at radius 3 is 2.33 bits per heavy atom. The van der Waals surface area contributed by atoms with E-state index in [-0.39, 0.29) is 11.6 Å². The Balaban J connectivity index is 4.06. The average molecular weight is 260 g/mol. The molecular formula is C12H28N4O2. The zero-order valence-corrected chi connectivity index (χ0v) is 11.8. The van der Waals surface area contributed by atoms with Crippen molar-refractivity contribution in [1.82, 2.24) is 10.6 Å². The number of ether oxygens (including phenoxy) is 1. The number of nitrogens with two attached hydrogens (primary N) is 2. The molecule has 0 saturated heterocycles. The Morgan fingerprint density at radius 2 is 1.89 bits per heavy atom. The maximum absolute atomic E-state index is 11.3. The van der Waals surface area contributed by atoms with Crippen LogP contribution in [-0.2, 0) is 4.74 Å². The zero-order valence-electron chi connectivity index (χ0n) is 11.8. The maximum atomic E-state index is 11.3. The van der Waals surface area contributed by atoms with Gasteiger partial charge in [0.2, 0.25) is 0 Å². The van der Waals surface area contributed by atoms with Crippen molar-refractivity contribution in [3.63, 3.8) is 0 Å². The lowest BCUT2D eigenvalue weighted by molar-refractivity contribution is 0.149. The minimum atomic E-state index is -0.458. The lowest BCUT2D eigenvalue weighted by Crippen LogP contribution is -2.48. The third-order valence-corrected chi connectivity index (χ3v) is 3.37. The summed E-state index contributed by atoms with van der Waals surface area (Å²) in [5.41, 5.74) is 10.6. The minimum Gasteiger partial charge on any atom is -0.453 e. The molecule has 6 heteroatoms. The van der Waals surface area contributed by atoms with Crippen molar-refractivity contribution in [3.8, 4) is 0 Å². The number of methoxy groups -OCH3 is 1. The summed E-state index contributed by atoms with van der Waals surface area (Å²) in [5.74, 6) is 0. The van der Waals surface area contributed by atoms with Crippen molar-refractivity contribution >= 4 is 6.09 Å². The van der Waals surface area contributed by atoms with Gasteiger partial charge in [-0.15, -0.1) is 0 Å². The van der Waals surface area contributed by atoms with Crippen LogP contribution in [0.25, 0.3) is 0 Å². The summed E-state index contributed by atoms with van der Waals surface area (Å²) >= 11 is 0. The van der Waals surface area contributed by atoms with Crippen molar-refractivity contribution in [2.45, 2.75) is 57.8 Å². The van der Waals surface area contributed by atoms with Gasteiger partial charge >= 0.3 is 6.09 Å². The van der Waals surface area contributed by atoms with Crippen LogP contribution in [0.3, 0.4) is 0 Å². The molecule has 0 saturated carbocycles. The third-order valence-electron chi connectivity index (χ3n) is 3.37. The van der Waals surface area contributed by atoms with Crippen LogP contribution in [0.5, 0.6) is 0 Å². The Labute approximate surface area is 110 Å². The van der Waals surface area contributed by atoms with Crippen LogP contribution in [0, 0.1) is 0 Å². The van der Waals surface area contributed by atoms with Crippen LogP contribution in [0.1, 0.15) is 46.0 Å². The van der Waals surface area contributed by atoms with Crippen LogP contribution in [-0.4, -0.2) is 31.6 Å². The molecular weight excluding hydrogens is 232 g/mol. The zero-order chi connectivity index (χ0) is 14.0. The number of carbonyl (C=O) groups is 1. The summed E-state index contributed by atoms with van der Waals surface area (Å²) in [6.45, 7) is 4.94. The number of hydrogen-bond acceptors (Lipinski definition) is 5. The van der Waals surface area contributed by atoms with Crippen LogP contribution >= 0.6 is 0 Å². The summed E-state index contributed by atoms with van der Waals surface area (Å²) in [7, 11) is 1.39. The first-order valence-electron chi connectivity index (χ1n) is 6.60.